The van der Waals surface area contributed by atoms with E-state index in [-0.39, 0.29) is 5.38 Å². The van der Waals surface area contributed by atoms with E-state index in [1.165, 1.54) is 0 Å². The van der Waals surface area contributed by atoms with Crippen molar-refractivity contribution in [2.24, 2.45) is 0 Å². The molecule has 0 radical (unpaired) electrons. The third-order valence-corrected chi connectivity index (χ3v) is 4.11. The van der Waals surface area contributed by atoms with Crippen LogP contribution in [0, 0.1) is 0 Å². The molecule has 0 aliphatic heterocycles. The topological polar surface area (TPSA) is 9.23 Å². The second-order valence-corrected chi connectivity index (χ2v) is 5.32. The van der Waals surface area contributed by atoms with Crippen LogP contribution in [0.4, 0.5) is 0 Å². The maximum atomic E-state index is 6.56. The first kappa shape index (κ1) is 12.8. The molecule has 2 atom stereocenters. The molecule has 1 aromatic rings. The predicted molar refractivity (Wildman–Crippen MR) is 73.2 cm³/mol. The zero-order valence-electron chi connectivity index (χ0n) is 9.16. The summed E-state index contributed by atoms with van der Waals surface area (Å²) in [4.78, 5) is -0.806. The first-order valence-corrected chi connectivity index (χ1v) is 6.29. The number of methoxy groups -OCH3 is 1. The summed E-state index contributed by atoms with van der Waals surface area (Å²) in [5, 5.41) is 0.257. The van der Waals surface area contributed by atoms with Gasteiger partial charge in [0.05, 0.1) is 12.5 Å². The molecular weight excluding hydrogens is 279 g/mol. The van der Waals surface area contributed by atoms with Crippen molar-refractivity contribution in [2.45, 2.75) is 10.3 Å². The molecule has 0 N–H and O–H groups in total. The van der Waals surface area contributed by atoms with Crippen LogP contribution in [0.3, 0.4) is 0 Å². The van der Waals surface area contributed by atoms with Crippen molar-refractivity contribution in [3.63, 3.8) is 0 Å². The van der Waals surface area contributed by atoms with Crippen LogP contribution in [0.1, 0.15) is 5.56 Å². The SMILES string of the molecule is COc1ccc(C2(Cl)C=C(Cl)C=CC2Cl)cc1. The van der Waals surface area contributed by atoms with Gasteiger partial charge in [-0.2, -0.15) is 0 Å². The lowest BCUT2D eigenvalue weighted by molar-refractivity contribution is 0.414. The van der Waals surface area contributed by atoms with Gasteiger partial charge < -0.3 is 4.74 Å². The summed E-state index contributed by atoms with van der Waals surface area (Å²) in [5.41, 5.74) is 0.891. The van der Waals surface area contributed by atoms with Gasteiger partial charge in [-0.15, -0.1) is 23.2 Å². The van der Waals surface area contributed by atoms with Crippen molar-refractivity contribution in [1.29, 1.82) is 0 Å². The molecule has 1 aromatic carbocycles. The number of alkyl halides is 2. The second kappa shape index (κ2) is 4.93. The van der Waals surface area contributed by atoms with Crippen molar-refractivity contribution < 1.29 is 4.74 Å². The highest BCUT2D eigenvalue weighted by molar-refractivity contribution is 6.37. The van der Waals surface area contributed by atoms with Crippen LogP contribution in [0.25, 0.3) is 0 Å². The molecule has 4 heteroatoms. The van der Waals surface area contributed by atoms with Gasteiger partial charge in [-0.1, -0.05) is 29.8 Å². The number of ether oxygens (including phenoxy) is 1. The Morgan fingerprint density at radius 3 is 2.47 bits per heavy atom. The quantitative estimate of drug-likeness (QED) is 0.732. The van der Waals surface area contributed by atoms with Crippen LogP contribution in [-0.4, -0.2) is 12.5 Å². The average molecular weight is 290 g/mol. The summed E-state index contributed by atoms with van der Waals surface area (Å²) in [6, 6.07) is 7.48. The molecule has 90 valence electrons. The molecule has 1 aliphatic carbocycles. The first-order valence-electron chi connectivity index (χ1n) is 5.10. The Bertz CT molecular complexity index is 464. The molecule has 0 amide bonds. The molecule has 0 saturated heterocycles. The molecule has 2 unspecified atom stereocenters. The Hall–Kier alpha value is -0.630. The summed E-state index contributed by atoms with van der Waals surface area (Å²) >= 11 is 18.8. The Morgan fingerprint density at radius 1 is 1.24 bits per heavy atom. The maximum Gasteiger partial charge on any atom is 0.118 e. The van der Waals surface area contributed by atoms with Crippen molar-refractivity contribution in [3.8, 4) is 5.75 Å². The fourth-order valence-electron chi connectivity index (χ4n) is 1.73. The molecule has 0 heterocycles. The zero-order valence-corrected chi connectivity index (χ0v) is 11.4. The van der Waals surface area contributed by atoms with Crippen molar-refractivity contribution in [1.82, 2.24) is 0 Å². The Morgan fingerprint density at radius 2 is 1.88 bits per heavy atom. The minimum absolute atomic E-state index is 0.333. The zero-order chi connectivity index (χ0) is 12.5. The van der Waals surface area contributed by atoms with E-state index in [1.54, 1.807) is 25.3 Å². The summed E-state index contributed by atoms with van der Waals surface area (Å²) in [6.45, 7) is 0. The van der Waals surface area contributed by atoms with Gasteiger partial charge in [0.1, 0.15) is 10.6 Å². The van der Waals surface area contributed by atoms with Gasteiger partial charge in [0.2, 0.25) is 0 Å². The first-order chi connectivity index (χ1) is 8.06. The average Bonchev–Trinajstić information content (AvgIpc) is 2.34. The summed E-state index contributed by atoms with van der Waals surface area (Å²) < 4.78 is 5.11. The summed E-state index contributed by atoms with van der Waals surface area (Å²) in [7, 11) is 1.62. The second-order valence-electron chi connectivity index (χ2n) is 3.79. The van der Waals surface area contributed by atoms with Crippen molar-refractivity contribution >= 4 is 34.8 Å². The highest BCUT2D eigenvalue weighted by Crippen LogP contribution is 2.42. The van der Waals surface area contributed by atoms with Crippen LogP contribution in [-0.2, 0) is 4.87 Å². The molecule has 17 heavy (non-hydrogen) atoms. The summed E-state index contributed by atoms with van der Waals surface area (Å²) in [6.07, 6.45) is 5.31. The minimum Gasteiger partial charge on any atom is -0.497 e. The molecule has 2 rings (SSSR count). The Balaban J connectivity index is 2.40. The van der Waals surface area contributed by atoms with Gasteiger partial charge in [0.15, 0.2) is 0 Å². The molecule has 1 aliphatic rings. The van der Waals surface area contributed by atoms with E-state index in [0.29, 0.717) is 5.03 Å². The highest BCUT2D eigenvalue weighted by atomic mass is 35.5. The van der Waals surface area contributed by atoms with E-state index in [0.717, 1.165) is 11.3 Å². The predicted octanol–water partition coefficient (Wildman–Crippen LogP) is 4.43. The normalized spacial score (nSPS) is 27.8. The molecular formula is C13H11Cl3O. The van der Waals surface area contributed by atoms with E-state index in [9.17, 15) is 0 Å². The molecule has 0 saturated carbocycles. The Labute approximate surface area is 116 Å². The van der Waals surface area contributed by atoms with Gasteiger partial charge in [-0.3, -0.25) is 0 Å². The van der Waals surface area contributed by atoms with Crippen LogP contribution in [0.2, 0.25) is 0 Å². The molecule has 0 spiro atoms. The number of benzene rings is 1. The lowest BCUT2D eigenvalue weighted by Gasteiger charge is -2.30. The fourth-order valence-corrected chi connectivity index (χ4v) is 2.61. The number of hydrogen-bond acceptors (Lipinski definition) is 1. The van der Waals surface area contributed by atoms with Gasteiger partial charge in [-0.05, 0) is 29.8 Å². The van der Waals surface area contributed by atoms with E-state index >= 15 is 0 Å². The number of allylic oxidation sites excluding steroid dienone is 4. The maximum absolute atomic E-state index is 6.56. The van der Waals surface area contributed by atoms with Crippen LogP contribution in [0.5, 0.6) is 5.75 Å². The molecule has 0 aromatic heterocycles. The van der Waals surface area contributed by atoms with E-state index in [1.807, 2.05) is 24.3 Å². The third kappa shape index (κ3) is 2.47. The van der Waals surface area contributed by atoms with Crippen molar-refractivity contribution in [3.05, 3.63) is 53.1 Å². The minimum atomic E-state index is -0.806. The lowest BCUT2D eigenvalue weighted by Crippen LogP contribution is -2.28. The van der Waals surface area contributed by atoms with Gasteiger partial charge in [0, 0.05) is 5.03 Å². The van der Waals surface area contributed by atoms with E-state index in [2.05, 4.69) is 0 Å². The standard InChI is InChI=1S/C13H11Cl3O/c1-17-11-5-2-9(3-6-11)13(16)8-10(14)4-7-12(13)15/h2-8,12H,1H3. The summed E-state index contributed by atoms with van der Waals surface area (Å²) in [5.74, 6) is 0.779. The molecule has 1 nitrogen and oxygen atoms in total. The third-order valence-electron chi connectivity index (χ3n) is 2.71. The van der Waals surface area contributed by atoms with Gasteiger partial charge in [0.25, 0.3) is 0 Å². The largest absolute Gasteiger partial charge is 0.497 e. The van der Waals surface area contributed by atoms with Gasteiger partial charge in [-0.25, -0.2) is 0 Å². The smallest absolute Gasteiger partial charge is 0.118 e. The Kier molecular flexibility index (Phi) is 3.72. The highest BCUT2D eigenvalue weighted by Gasteiger charge is 2.36. The van der Waals surface area contributed by atoms with E-state index < -0.39 is 4.87 Å². The number of hydrogen-bond donors (Lipinski definition) is 0. The van der Waals surface area contributed by atoms with Crippen LogP contribution >= 0.6 is 34.8 Å². The molecule has 0 bridgehead atoms. The number of halogens is 3. The fraction of sp³-hybridized carbons (Fsp3) is 0.231. The van der Waals surface area contributed by atoms with E-state index in [4.69, 9.17) is 39.5 Å². The molecule has 0 fully saturated rings. The van der Waals surface area contributed by atoms with Crippen LogP contribution < -0.4 is 4.74 Å². The van der Waals surface area contributed by atoms with Gasteiger partial charge >= 0.3 is 0 Å². The monoisotopic (exact) mass is 288 g/mol. The van der Waals surface area contributed by atoms with Crippen LogP contribution in [0.15, 0.2) is 47.5 Å². The van der Waals surface area contributed by atoms with Crippen molar-refractivity contribution in [2.75, 3.05) is 7.11 Å². The number of rotatable bonds is 2. The lowest BCUT2D eigenvalue weighted by atomic mass is 9.91.